The summed E-state index contributed by atoms with van der Waals surface area (Å²) in [6, 6.07) is 7.40. The summed E-state index contributed by atoms with van der Waals surface area (Å²) in [7, 11) is 0. The highest BCUT2D eigenvalue weighted by Crippen LogP contribution is 2.49. The Labute approximate surface area is 290 Å². The molecule has 0 bridgehead atoms. The van der Waals surface area contributed by atoms with Gasteiger partial charge in [-0.1, -0.05) is 19.9 Å². The molecule has 1 aromatic heterocycles. The van der Waals surface area contributed by atoms with Crippen LogP contribution in [0.15, 0.2) is 36.4 Å². The smallest absolute Gasteiger partial charge is 0.416 e. The summed E-state index contributed by atoms with van der Waals surface area (Å²) in [4.78, 5) is 28.5. The molecule has 0 spiro atoms. The number of ketones is 1. The lowest BCUT2D eigenvalue weighted by atomic mass is 9.72. The molecule has 1 fully saturated rings. The molecule has 0 amide bonds. The molecule has 1 saturated heterocycles. The number of carbonyl (C=O) groups is 2. The molecule has 1 unspecified atom stereocenters. The minimum atomic E-state index is -5.09. The van der Waals surface area contributed by atoms with Crippen molar-refractivity contribution in [3.63, 3.8) is 0 Å². The molecule has 50 heavy (non-hydrogen) atoms. The van der Waals surface area contributed by atoms with E-state index in [1.165, 1.54) is 43.4 Å². The van der Waals surface area contributed by atoms with Gasteiger partial charge in [0, 0.05) is 19.5 Å². The van der Waals surface area contributed by atoms with Gasteiger partial charge in [0.05, 0.1) is 40.3 Å². The van der Waals surface area contributed by atoms with Gasteiger partial charge in [0.1, 0.15) is 22.5 Å². The maximum Gasteiger partial charge on any atom is 0.416 e. The molecule has 4 rings (SSSR count). The van der Waals surface area contributed by atoms with Gasteiger partial charge < -0.3 is 15.0 Å². The first-order valence-electron chi connectivity index (χ1n) is 15.9. The van der Waals surface area contributed by atoms with Crippen molar-refractivity contribution in [1.82, 2.24) is 0 Å². The topological polar surface area (TPSA) is 82.4 Å². The van der Waals surface area contributed by atoms with Crippen LogP contribution >= 0.6 is 11.3 Å². The molecule has 0 aliphatic carbocycles. The van der Waals surface area contributed by atoms with E-state index in [0.717, 1.165) is 0 Å². The van der Waals surface area contributed by atoms with Crippen molar-refractivity contribution >= 4 is 33.8 Å². The second-order valence-corrected chi connectivity index (χ2v) is 14.7. The van der Waals surface area contributed by atoms with E-state index in [4.69, 9.17) is 4.74 Å². The van der Waals surface area contributed by atoms with Gasteiger partial charge in [0.25, 0.3) is 0 Å². The summed E-state index contributed by atoms with van der Waals surface area (Å²) in [5.74, 6) is -1.50. The number of hydrogen-bond acceptors (Lipinski definition) is 7. The first-order chi connectivity index (χ1) is 23.1. The lowest BCUT2D eigenvalue weighted by Gasteiger charge is -2.44. The zero-order chi connectivity index (χ0) is 37.4. The molecule has 2 aromatic carbocycles. The first-order valence-corrected chi connectivity index (χ1v) is 16.7. The number of aryl methyl sites for hydroxylation is 1. The highest BCUT2D eigenvalue weighted by atomic mass is 32.1. The summed E-state index contributed by atoms with van der Waals surface area (Å²) in [5, 5.41) is 14.0. The van der Waals surface area contributed by atoms with Crippen LogP contribution in [-0.2, 0) is 32.1 Å². The monoisotopic (exact) mass is 725 g/mol. The quantitative estimate of drug-likeness (QED) is 0.166. The highest BCUT2D eigenvalue weighted by Gasteiger charge is 2.41. The van der Waals surface area contributed by atoms with Crippen molar-refractivity contribution in [1.29, 1.82) is 5.26 Å². The lowest BCUT2D eigenvalue weighted by Crippen LogP contribution is -2.46. The average Bonchev–Trinajstić information content (AvgIpc) is 3.37. The Morgan fingerprint density at radius 2 is 1.64 bits per heavy atom. The Hall–Kier alpha value is -4.12. The SMILES string of the molecule is CCOC(=O)CC1CCN(c2sc(-c3ccc(F)cc3C)c(NCC(=O)C(C)(C)c3cc(C(F)(F)F)cc(C(F)(F)F)c3)c2C#N)CC1(C)C. The second-order valence-electron chi connectivity index (χ2n) is 13.7. The van der Waals surface area contributed by atoms with Gasteiger partial charge in [0.15, 0.2) is 5.78 Å². The number of nitrogens with zero attached hydrogens (tertiary/aromatic N) is 2. The van der Waals surface area contributed by atoms with Crippen LogP contribution in [0.25, 0.3) is 10.4 Å². The van der Waals surface area contributed by atoms with Crippen LogP contribution in [-0.4, -0.2) is 38.0 Å². The third-order valence-corrected chi connectivity index (χ3v) is 10.6. The molecule has 270 valence electrons. The normalized spacial score (nSPS) is 16.6. The fraction of sp³-hybridized carbons (Fsp3) is 0.472. The van der Waals surface area contributed by atoms with E-state index in [1.807, 2.05) is 18.7 Å². The van der Waals surface area contributed by atoms with Crippen molar-refractivity contribution in [3.05, 3.63) is 70.0 Å². The zero-order valence-corrected chi connectivity index (χ0v) is 29.3. The number of alkyl halides is 6. The standard InChI is InChI=1S/C36H38F7N3O3S/c1-7-49-29(48)16-21-10-11-46(19-33(21,3)4)32-27(17-44)30(31(50-32)26-9-8-25(37)12-20(26)2)45-18-28(47)34(5,6)22-13-23(35(38,39)40)15-24(14-22)36(41,42)43/h8-9,12-15,21,45H,7,10-11,16,18-19H2,1-6H3. The molecule has 6 nitrogen and oxygen atoms in total. The Balaban J connectivity index is 1.73. The first kappa shape index (κ1) is 38.7. The maximum atomic E-state index is 14.1. The molecule has 1 aliphatic rings. The number of benzene rings is 2. The minimum Gasteiger partial charge on any atom is -0.466 e. The predicted molar refractivity (Wildman–Crippen MR) is 177 cm³/mol. The number of anilines is 2. The average molecular weight is 726 g/mol. The maximum absolute atomic E-state index is 14.1. The van der Waals surface area contributed by atoms with Crippen molar-refractivity contribution in [3.8, 4) is 16.5 Å². The van der Waals surface area contributed by atoms with E-state index >= 15 is 0 Å². The fourth-order valence-corrected chi connectivity index (χ4v) is 7.57. The number of nitrogens with one attached hydrogen (secondary N) is 1. The number of esters is 1. The molecule has 0 saturated carbocycles. The molecule has 14 heteroatoms. The third-order valence-electron chi connectivity index (χ3n) is 9.32. The molecular formula is C36H38F7N3O3S. The second kappa shape index (κ2) is 14.2. The summed E-state index contributed by atoms with van der Waals surface area (Å²) >= 11 is 1.24. The summed E-state index contributed by atoms with van der Waals surface area (Å²) in [6.07, 6.45) is -9.32. The van der Waals surface area contributed by atoms with E-state index < -0.39 is 52.6 Å². The molecule has 1 N–H and O–H groups in total. The zero-order valence-electron chi connectivity index (χ0n) is 28.5. The number of hydrogen-bond donors (Lipinski definition) is 1. The number of carbonyl (C=O) groups excluding carboxylic acids is 2. The largest absolute Gasteiger partial charge is 0.466 e. The number of thiophene rings is 1. The van der Waals surface area contributed by atoms with Crippen LogP contribution in [0.3, 0.4) is 0 Å². The van der Waals surface area contributed by atoms with E-state index in [1.54, 1.807) is 13.8 Å². The van der Waals surface area contributed by atoms with Crippen LogP contribution in [0.2, 0.25) is 0 Å². The Morgan fingerprint density at radius 3 is 2.16 bits per heavy atom. The Kier molecular flexibility index (Phi) is 11.0. The summed E-state index contributed by atoms with van der Waals surface area (Å²) in [5.41, 5.74) is -4.21. The fourth-order valence-electron chi connectivity index (χ4n) is 6.23. The van der Waals surface area contributed by atoms with E-state index in [9.17, 15) is 45.6 Å². The van der Waals surface area contributed by atoms with Crippen molar-refractivity contribution in [2.24, 2.45) is 11.3 Å². The van der Waals surface area contributed by atoms with Gasteiger partial charge >= 0.3 is 18.3 Å². The van der Waals surface area contributed by atoms with E-state index in [2.05, 4.69) is 11.4 Å². The number of Topliss-reactive ketones (excluding diaryl/α,β-unsaturated/α-hetero) is 1. The number of nitriles is 1. The Morgan fingerprint density at radius 1 is 1.04 bits per heavy atom. The van der Waals surface area contributed by atoms with Gasteiger partial charge in [-0.05, 0) is 92.5 Å². The van der Waals surface area contributed by atoms with Gasteiger partial charge in [-0.25, -0.2) is 4.39 Å². The molecule has 0 radical (unpaired) electrons. The van der Waals surface area contributed by atoms with Crippen LogP contribution in [0.4, 0.5) is 41.4 Å². The number of rotatable bonds is 10. The lowest BCUT2D eigenvalue weighted by molar-refractivity contribution is -0.146. The van der Waals surface area contributed by atoms with E-state index in [-0.39, 0.29) is 47.6 Å². The predicted octanol–water partition coefficient (Wildman–Crippen LogP) is 9.54. The molecule has 2 heterocycles. The van der Waals surface area contributed by atoms with Gasteiger partial charge in [-0.15, -0.1) is 11.3 Å². The van der Waals surface area contributed by atoms with Gasteiger partial charge in [0.2, 0.25) is 0 Å². The summed E-state index contributed by atoms with van der Waals surface area (Å²) in [6.45, 7) is 10.6. The van der Waals surface area contributed by atoms with Crippen molar-refractivity contribution < 1.29 is 45.1 Å². The van der Waals surface area contributed by atoms with Gasteiger partial charge in [-0.2, -0.15) is 31.6 Å². The summed E-state index contributed by atoms with van der Waals surface area (Å²) < 4.78 is 101. The molecule has 1 aliphatic heterocycles. The van der Waals surface area contributed by atoms with Crippen LogP contribution in [0.1, 0.15) is 75.3 Å². The highest BCUT2D eigenvalue weighted by molar-refractivity contribution is 7.20. The third kappa shape index (κ3) is 8.25. The van der Waals surface area contributed by atoms with Gasteiger partial charge in [-0.3, -0.25) is 9.59 Å². The minimum absolute atomic E-state index is 0.00657. The Bertz CT molecular complexity index is 1770. The molecule has 3 aromatic rings. The van der Waals surface area contributed by atoms with Crippen LogP contribution in [0, 0.1) is 35.4 Å². The number of halogens is 7. The van der Waals surface area contributed by atoms with Crippen molar-refractivity contribution in [2.45, 2.75) is 72.2 Å². The molecular weight excluding hydrogens is 687 g/mol. The van der Waals surface area contributed by atoms with Crippen LogP contribution < -0.4 is 10.2 Å². The molecule has 1 atom stereocenters. The van der Waals surface area contributed by atoms with E-state index in [0.29, 0.717) is 52.6 Å². The number of ether oxygens (including phenoxy) is 1. The number of piperidine rings is 1. The van der Waals surface area contributed by atoms with Crippen LogP contribution in [0.5, 0.6) is 0 Å². The van der Waals surface area contributed by atoms with Crippen molar-refractivity contribution in [2.75, 3.05) is 36.5 Å².